The standard InChI is InChI=1S/C18H17FN2O3/c19-14-6-2-4-8-16(14)24-12-17(22)20-9-10-21-15-7-3-1-5-13(15)11-18(21)23/h1-8H,9-12H2,(H,20,22). The zero-order valence-electron chi connectivity index (χ0n) is 13.0. The van der Waals surface area contributed by atoms with E-state index in [0.717, 1.165) is 11.3 Å². The maximum atomic E-state index is 13.4. The number of ether oxygens (including phenoxy) is 1. The molecular weight excluding hydrogens is 311 g/mol. The van der Waals surface area contributed by atoms with Gasteiger partial charge in [0.1, 0.15) is 0 Å². The number of nitrogens with zero attached hydrogens (tertiary/aromatic N) is 1. The lowest BCUT2D eigenvalue weighted by Crippen LogP contribution is -2.38. The van der Waals surface area contributed by atoms with E-state index in [1.165, 1.54) is 12.1 Å². The maximum Gasteiger partial charge on any atom is 0.258 e. The summed E-state index contributed by atoms with van der Waals surface area (Å²) in [7, 11) is 0. The van der Waals surface area contributed by atoms with Gasteiger partial charge >= 0.3 is 0 Å². The molecule has 1 N–H and O–H groups in total. The van der Waals surface area contributed by atoms with Crippen LogP contribution < -0.4 is 15.0 Å². The van der Waals surface area contributed by atoms with Crippen molar-refractivity contribution in [2.45, 2.75) is 6.42 Å². The number of amides is 2. The number of halogens is 1. The first kappa shape index (κ1) is 16.0. The fourth-order valence-electron chi connectivity index (χ4n) is 2.62. The van der Waals surface area contributed by atoms with Crippen molar-refractivity contribution in [3.63, 3.8) is 0 Å². The minimum atomic E-state index is -0.510. The van der Waals surface area contributed by atoms with E-state index in [1.807, 2.05) is 24.3 Å². The van der Waals surface area contributed by atoms with Crippen molar-refractivity contribution >= 4 is 17.5 Å². The molecule has 0 aliphatic carbocycles. The Morgan fingerprint density at radius 2 is 1.92 bits per heavy atom. The highest BCUT2D eigenvalue weighted by Gasteiger charge is 2.26. The number of carbonyl (C=O) groups excluding carboxylic acids is 2. The first-order valence-electron chi connectivity index (χ1n) is 7.67. The summed E-state index contributed by atoms with van der Waals surface area (Å²) >= 11 is 0. The Balaban J connectivity index is 1.46. The molecule has 0 bridgehead atoms. The smallest absolute Gasteiger partial charge is 0.258 e. The lowest BCUT2D eigenvalue weighted by atomic mass is 10.2. The van der Waals surface area contributed by atoms with Crippen LogP contribution in [0.25, 0.3) is 0 Å². The van der Waals surface area contributed by atoms with Crippen molar-refractivity contribution in [2.24, 2.45) is 0 Å². The summed E-state index contributed by atoms with van der Waals surface area (Å²) in [5, 5.41) is 2.67. The molecular formula is C18H17FN2O3. The van der Waals surface area contributed by atoms with E-state index in [4.69, 9.17) is 4.74 Å². The zero-order chi connectivity index (χ0) is 16.9. The second kappa shape index (κ2) is 7.12. The van der Waals surface area contributed by atoms with Crippen LogP contribution in [0.15, 0.2) is 48.5 Å². The van der Waals surface area contributed by atoms with Crippen molar-refractivity contribution in [2.75, 3.05) is 24.6 Å². The van der Waals surface area contributed by atoms with E-state index in [0.29, 0.717) is 19.5 Å². The molecule has 0 saturated carbocycles. The predicted molar refractivity (Wildman–Crippen MR) is 87.4 cm³/mol. The molecule has 6 heteroatoms. The third-order valence-corrected chi connectivity index (χ3v) is 3.78. The van der Waals surface area contributed by atoms with Gasteiger partial charge in [-0.05, 0) is 23.8 Å². The molecule has 1 heterocycles. The number of benzene rings is 2. The fraction of sp³-hybridized carbons (Fsp3) is 0.222. The van der Waals surface area contributed by atoms with E-state index in [1.54, 1.807) is 17.0 Å². The van der Waals surface area contributed by atoms with E-state index >= 15 is 0 Å². The van der Waals surface area contributed by atoms with Gasteiger partial charge in [-0.15, -0.1) is 0 Å². The van der Waals surface area contributed by atoms with Crippen LogP contribution >= 0.6 is 0 Å². The molecule has 1 aliphatic rings. The highest BCUT2D eigenvalue weighted by molar-refractivity contribution is 6.01. The second-order valence-electron chi connectivity index (χ2n) is 5.42. The SMILES string of the molecule is O=C(COc1ccccc1F)NCCN1C(=O)Cc2ccccc21. The van der Waals surface area contributed by atoms with E-state index in [2.05, 4.69) is 5.32 Å². The Morgan fingerprint density at radius 3 is 2.75 bits per heavy atom. The molecule has 2 aromatic rings. The van der Waals surface area contributed by atoms with Crippen LogP contribution in [0.5, 0.6) is 5.75 Å². The first-order valence-corrected chi connectivity index (χ1v) is 7.67. The van der Waals surface area contributed by atoms with E-state index in [-0.39, 0.29) is 24.2 Å². The van der Waals surface area contributed by atoms with Crippen LogP contribution in [0.1, 0.15) is 5.56 Å². The first-order chi connectivity index (χ1) is 11.6. The lowest BCUT2D eigenvalue weighted by Gasteiger charge is -2.17. The highest BCUT2D eigenvalue weighted by Crippen LogP contribution is 2.27. The molecule has 1 aliphatic heterocycles. The molecule has 0 fully saturated rings. The third-order valence-electron chi connectivity index (χ3n) is 3.78. The van der Waals surface area contributed by atoms with Crippen molar-refractivity contribution < 1.29 is 18.7 Å². The number of nitrogens with one attached hydrogen (secondary N) is 1. The monoisotopic (exact) mass is 328 g/mol. The number of fused-ring (bicyclic) bond motifs is 1. The second-order valence-corrected chi connectivity index (χ2v) is 5.42. The van der Waals surface area contributed by atoms with Gasteiger partial charge in [-0.2, -0.15) is 0 Å². The molecule has 2 aromatic carbocycles. The van der Waals surface area contributed by atoms with Gasteiger partial charge in [0.05, 0.1) is 6.42 Å². The molecule has 0 radical (unpaired) electrons. The molecule has 0 saturated heterocycles. The number of rotatable bonds is 6. The summed E-state index contributed by atoms with van der Waals surface area (Å²) < 4.78 is 18.5. The number of para-hydroxylation sites is 2. The molecule has 3 rings (SSSR count). The van der Waals surface area contributed by atoms with Crippen molar-refractivity contribution in [3.05, 3.63) is 59.9 Å². The van der Waals surface area contributed by atoms with Gasteiger partial charge in [-0.1, -0.05) is 30.3 Å². The third kappa shape index (κ3) is 3.53. The maximum absolute atomic E-state index is 13.4. The normalized spacial score (nSPS) is 12.9. The van der Waals surface area contributed by atoms with Gasteiger partial charge in [0.15, 0.2) is 18.2 Å². The summed E-state index contributed by atoms with van der Waals surface area (Å²) in [6.07, 6.45) is 0.389. The number of hydrogen-bond acceptors (Lipinski definition) is 3. The minimum absolute atomic E-state index is 0.0213. The van der Waals surface area contributed by atoms with Crippen LogP contribution in [0.4, 0.5) is 10.1 Å². The average Bonchev–Trinajstić information content (AvgIpc) is 2.90. The minimum Gasteiger partial charge on any atom is -0.481 e. The predicted octanol–water partition coefficient (Wildman–Crippen LogP) is 1.91. The number of hydrogen-bond donors (Lipinski definition) is 1. The van der Waals surface area contributed by atoms with Gasteiger partial charge in [-0.3, -0.25) is 9.59 Å². The molecule has 24 heavy (non-hydrogen) atoms. The molecule has 0 spiro atoms. The Bertz CT molecular complexity index is 763. The Morgan fingerprint density at radius 1 is 1.17 bits per heavy atom. The Kier molecular flexibility index (Phi) is 4.74. The van der Waals surface area contributed by atoms with Gasteiger partial charge in [0.2, 0.25) is 5.91 Å². The lowest BCUT2D eigenvalue weighted by molar-refractivity contribution is -0.123. The van der Waals surface area contributed by atoms with Crippen LogP contribution in [0, 0.1) is 5.82 Å². The average molecular weight is 328 g/mol. The van der Waals surface area contributed by atoms with Crippen LogP contribution in [-0.4, -0.2) is 31.5 Å². The van der Waals surface area contributed by atoms with Gasteiger partial charge < -0.3 is 15.0 Å². The van der Waals surface area contributed by atoms with Crippen LogP contribution in [0.3, 0.4) is 0 Å². The van der Waals surface area contributed by atoms with Crippen molar-refractivity contribution in [1.82, 2.24) is 5.32 Å². The summed E-state index contributed by atoms with van der Waals surface area (Å²) in [6, 6.07) is 13.5. The number of carbonyl (C=O) groups is 2. The fourth-order valence-corrected chi connectivity index (χ4v) is 2.62. The molecule has 5 nitrogen and oxygen atoms in total. The van der Waals surface area contributed by atoms with E-state index < -0.39 is 5.82 Å². The quantitative estimate of drug-likeness (QED) is 0.881. The van der Waals surface area contributed by atoms with Gasteiger partial charge in [0, 0.05) is 18.8 Å². The summed E-state index contributed by atoms with van der Waals surface area (Å²) in [6.45, 7) is 0.423. The Labute approximate surface area is 139 Å². The van der Waals surface area contributed by atoms with Crippen molar-refractivity contribution in [3.8, 4) is 5.75 Å². The largest absolute Gasteiger partial charge is 0.481 e. The zero-order valence-corrected chi connectivity index (χ0v) is 13.0. The van der Waals surface area contributed by atoms with Crippen LogP contribution in [-0.2, 0) is 16.0 Å². The Hall–Kier alpha value is -2.89. The summed E-state index contributed by atoms with van der Waals surface area (Å²) in [5.41, 5.74) is 1.89. The van der Waals surface area contributed by atoms with E-state index in [9.17, 15) is 14.0 Å². The van der Waals surface area contributed by atoms with Gasteiger partial charge in [-0.25, -0.2) is 4.39 Å². The van der Waals surface area contributed by atoms with Crippen molar-refractivity contribution in [1.29, 1.82) is 0 Å². The molecule has 2 amide bonds. The topological polar surface area (TPSA) is 58.6 Å². The van der Waals surface area contributed by atoms with Crippen LogP contribution in [0.2, 0.25) is 0 Å². The molecule has 0 atom stereocenters. The highest BCUT2D eigenvalue weighted by atomic mass is 19.1. The van der Waals surface area contributed by atoms with Gasteiger partial charge in [0.25, 0.3) is 5.91 Å². The molecule has 0 unspecified atom stereocenters. The molecule has 0 aromatic heterocycles. The summed E-state index contributed by atoms with van der Waals surface area (Å²) in [4.78, 5) is 25.4. The number of anilines is 1. The summed E-state index contributed by atoms with van der Waals surface area (Å²) in [5.74, 6) is -0.813. The molecule has 124 valence electrons.